The highest BCUT2D eigenvalue weighted by Crippen LogP contribution is 2.38. The van der Waals surface area contributed by atoms with E-state index in [2.05, 4.69) is 40.8 Å². The molecular formula is C12H26O3Si. The zero-order valence-electron chi connectivity index (χ0n) is 11.4. The van der Waals surface area contributed by atoms with Crippen LogP contribution in [0.3, 0.4) is 0 Å². The van der Waals surface area contributed by atoms with Crippen LogP contribution in [0.15, 0.2) is 0 Å². The van der Waals surface area contributed by atoms with E-state index in [1.165, 1.54) is 0 Å². The van der Waals surface area contributed by atoms with Crippen LogP contribution < -0.4 is 0 Å². The quantitative estimate of drug-likeness (QED) is 0.599. The monoisotopic (exact) mass is 246 g/mol. The second kappa shape index (κ2) is 4.76. The first-order valence-corrected chi connectivity index (χ1v) is 9.02. The average Bonchev–Trinajstić information content (AvgIpc) is 2.79. The van der Waals surface area contributed by atoms with Crippen LogP contribution in [0.4, 0.5) is 0 Å². The molecule has 1 saturated heterocycles. The average molecular weight is 246 g/mol. The van der Waals surface area contributed by atoms with Crippen LogP contribution in [0.2, 0.25) is 18.1 Å². The predicted octanol–water partition coefficient (Wildman–Crippen LogP) is 2.55. The molecule has 4 heteroatoms. The van der Waals surface area contributed by atoms with Gasteiger partial charge in [-0.1, -0.05) is 20.8 Å². The van der Waals surface area contributed by atoms with E-state index in [0.717, 1.165) is 6.42 Å². The van der Waals surface area contributed by atoms with E-state index in [-0.39, 0.29) is 30.0 Å². The van der Waals surface area contributed by atoms with Crippen molar-refractivity contribution >= 4 is 8.32 Å². The molecule has 1 fully saturated rings. The maximum absolute atomic E-state index is 8.89. The van der Waals surface area contributed by atoms with Crippen LogP contribution in [0.5, 0.6) is 0 Å². The zero-order valence-corrected chi connectivity index (χ0v) is 12.4. The highest BCUT2D eigenvalue weighted by atomic mass is 28.4. The normalized spacial score (nSPS) is 27.9. The number of hydrogen-bond donors (Lipinski definition) is 1. The molecule has 0 spiro atoms. The highest BCUT2D eigenvalue weighted by molar-refractivity contribution is 6.74. The Morgan fingerprint density at radius 3 is 2.25 bits per heavy atom. The Bertz CT molecular complexity index is 235. The summed E-state index contributed by atoms with van der Waals surface area (Å²) in [5.41, 5.74) is 0. The highest BCUT2D eigenvalue weighted by Gasteiger charge is 2.42. The minimum absolute atomic E-state index is 0.0606. The zero-order chi connectivity index (χ0) is 12.6. The van der Waals surface area contributed by atoms with Crippen LogP contribution in [-0.4, -0.2) is 38.3 Å². The topological polar surface area (TPSA) is 42.0 Å². The largest absolute Gasteiger partial charge is 0.414 e. The van der Waals surface area contributed by atoms with Gasteiger partial charge in [0.05, 0.1) is 12.7 Å². The van der Waals surface area contributed by atoms with Gasteiger partial charge in [0.25, 0.3) is 0 Å². The summed E-state index contributed by atoms with van der Waals surface area (Å²) in [7, 11) is -1.66. The number of ether oxygens (including phenoxy) is 1. The fourth-order valence-corrected chi connectivity index (χ4v) is 3.06. The fourth-order valence-electron chi connectivity index (χ4n) is 1.60. The molecule has 0 aromatic carbocycles. The number of hydrogen-bond acceptors (Lipinski definition) is 3. The van der Waals surface area contributed by atoms with E-state index < -0.39 is 8.32 Å². The molecular weight excluding hydrogens is 220 g/mol. The molecule has 0 bridgehead atoms. The number of aliphatic hydroxyl groups is 1. The third-order valence-electron chi connectivity index (χ3n) is 3.73. The van der Waals surface area contributed by atoms with Crippen molar-refractivity contribution in [3.8, 4) is 0 Å². The van der Waals surface area contributed by atoms with Gasteiger partial charge in [0.1, 0.15) is 6.10 Å². The minimum atomic E-state index is -1.66. The van der Waals surface area contributed by atoms with Crippen LogP contribution in [-0.2, 0) is 9.16 Å². The second-order valence-electron chi connectivity index (χ2n) is 6.32. The Hall–Kier alpha value is 0.0969. The van der Waals surface area contributed by atoms with E-state index in [1.54, 1.807) is 0 Å². The molecule has 0 aromatic rings. The molecule has 0 unspecified atom stereocenters. The summed E-state index contributed by atoms with van der Waals surface area (Å²) in [5, 5.41) is 9.15. The van der Waals surface area contributed by atoms with Crippen molar-refractivity contribution in [2.75, 3.05) is 6.61 Å². The third kappa shape index (κ3) is 3.55. The van der Waals surface area contributed by atoms with E-state index >= 15 is 0 Å². The van der Waals surface area contributed by atoms with Gasteiger partial charge >= 0.3 is 0 Å². The Morgan fingerprint density at radius 1 is 1.31 bits per heavy atom. The molecule has 0 saturated carbocycles. The molecule has 1 aliphatic rings. The standard InChI is InChI=1S/C12H26O3Si/c1-9(7-10-11(8-13)14-10)15-16(5,6)12(2,3)4/h9-11,13H,7-8H2,1-6H3/t9-,10+,11+/m0/s1. The van der Waals surface area contributed by atoms with Crippen molar-refractivity contribution in [1.82, 2.24) is 0 Å². The van der Waals surface area contributed by atoms with Crippen molar-refractivity contribution in [1.29, 1.82) is 0 Å². The maximum Gasteiger partial charge on any atom is 0.192 e. The molecule has 1 rings (SSSR count). The van der Waals surface area contributed by atoms with Crippen LogP contribution in [0.25, 0.3) is 0 Å². The first-order valence-electron chi connectivity index (χ1n) is 6.11. The summed E-state index contributed by atoms with van der Waals surface area (Å²) in [6, 6.07) is 0. The van der Waals surface area contributed by atoms with Crippen molar-refractivity contribution < 1.29 is 14.3 Å². The smallest absolute Gasteiger partial charge is 0.192 e. The first kappa shape index (κ1) is 14.2. The molecule has 1 heterocycles. The fraction of sp³-hybridized carbons (Fsp3) is 1.00. The summed E-state index contributed by atoms with van der Waals surface area (Å²) < 4.78 is 11.5. The van der Waals surface area contributed by atoms with Gasteiger partial charge in [-0.05, 0) is 25.1 Å². The van der Waals surface area contributed by atoms with E-state index in [1.807, 2.05) is 0 Å². The lowest BCUT2D eigenvalue weighted by Gasteiger charge is -2.38. The van der Waals surface area contributed by atoms with Crippen molar-refractivity contribution in [3.05, 3.63) is 0 Å². The van der Waals surface area contributed by atoms with Gasteiger partial charge < -0.3 is 14.3 Å². The molecule has 1 aliphatic heterocycles. The van der Waals surface area contributed by atoms with Gasteiger partial charge in [0.15, 0.2) is 8.32 Å². The Kier molecular flexibility index (Phi) is 4.22. The molecule has 3 nitrogen and oxygen atoms in total. The molecule has 3 atom stereocenters. The molecule has 0 radical (unpaired) electrons. The molecule has 16 heavy (non-hydrogen) atoms. The number of aliphatic hydroxyl groups excluding tert-OH is 1. The molecule has 96 valence electrons. The summed E-state index contributed by atoms with van der Waals surface area (Å²) in [4.78, 5) is 0. The van der Waals surface area contributed by atoms with Gasteiger partial charge in [-0.3, -0.25) is 0 Å². The minimum Gasteiger partial charge on any atom is -0.414 e. The molecule has 0 aromatic heterocycles. The van der Waals surface area contributed by atoms with Gasteiger partial charge in [-0.25, -0.2) is 0 Å². The second-order valence-corrected chi connectivity index (χ2v) is 11.1. The molecule has 0 amide bonds. The molecule has 1 N–H and O–H groups in total. The lowest BCUT2D eigenvalue weighted by atomic mass is 10.2. The van der Waals surface area contributed by atoms with Gasteiger partial charge in [0.2, 0.25) is 0 Å². The Morgan fingerprint density at radius 2 is 1.88 bits per heavy atom. The lowest BCUT2D eigenvalue weighted by Crippen LogP contribution is -2.43. The van der Waals surface area contributed by atoms with Crippen LogP contribution >= 0.6 is 0 Å². The van der Waals surface area contributed by atoms with Crippen molar-refractivity contribution in [2.45, 2.75) is 70.6 Å². The number of rotatable bonds is 5. The maximum atomic E-state index is 8.89. The summed E-state index contributed by atoms with van der Waals surface area (Å²) >= 11 is 0. The van der Waals surface area contributed by atoms with Crippen LogP contribution in [0, 0.1) is 0 Å². The Balaban J connectivity index is 2.37. The van der Waals surface area contributed by atoms with E-state index in [4.69, 9.17) is 14.3 Å². The van der Waals surface area contributed by atoms with Crippen molar-refractivity contribution in [3.63, 3.8) is 0 Å². The van der Waals surface area contributed by atoms with E-state index in [0.29, 0.717) is 0 Å². The van der Waals surface area contributed by atoms with Gasteiger partial charge in [0, 0.05) is 12.5 Å². The first-order chi connectivity index (χ1) is 7.17. The summed E-state index contributed by atoms with van der Waals surface area (Å²) in [5.74, 6) is 0. The third-order valence-corrected chi connectivity index (χ3v) is 8.34. The molecule has 0 aliphatic carbocycles. The van der Waals surface area contributed by atoms with E-state index in [9.17, 15) is 0 Å². The number of epoxide rings is 1. The van der Waals surface area contributed by atoms with Crippen LogP contribution in [0.1, 0.15) is 34.1 Å². The van der Waals surface area contributed by atoms with Crippen molar-refractivity contribution in [2.24, 2.45) is 0 Å². The van der Waals surface area contributed by atoms with Gasteiger partial charge in [-0.15, -0.1) is 0 Å². The SMILES string of the molecule is C[C@@H](C[C@H]1O[C@@H]1CO)O[Si](C)(C)C(C)(C)C. The predicted molar refractivity (Wildman–Crippen MR) is 68.1 cm³/mol. The summed E-state index contributed by atoms with van der Waals surface area (Å²) in [6.07, 6.45) is 1.40. The van der Waals surface area contributed by atoms with Gasteiger partial charge in [-0.2, -0.15) is 0 Å². The summed E-state index contributed by atoms with van der Waals surface area (Å²) in [6.45, 7) is 13.5. The Labute approximate surface area is 100 Å². The lowest BCUT2D eigenvalue weighted by molar-refractivity contribution is 0.175.